The second kappa shape index (κ2) is 7.68. The molecule has 5 heteroatoms. The van der Waals surface area contributed by atoms with Gasteiger partial charge in [0.25, 0.3) is 0 Å². The summed E-state index contributed by atoms with van der Waals surface area (Å²) in [5.74, 6) is 0.105. The Kier molecular flexibility index (Phi) is 6.18. The van der Waals surface area contributed by atoms with Gasteiger partial charge in [-0.15, -0.1) is 0 Å². The zero-order chi connectivity index (χ0) is 13.4. The molecular formula is C13H21N3O2. The van der Waals surface area contributed by atoms with Gasteiger partial charge in [-0.05, 0) is 43.5 Å². The number of aromatic hydroxyl groups is 1. The van der Waals surface area contributed by atoms with Crippen LogP contribution in [0.2, 0.25) is 0 Å². The van der Waals surface area contributed by atoms with E-state index in [1.54, 1.807) is 12.1 Å². The summed E-state index contributed by atoms with van der Waals surface area (Å²) in [6, 6.07) is 6.44. The van der Waals surface area contributed by atoms with Crippen molar-refractivity contribution in [2.45, 2.75) is 25.3 Å². The molecule has 1 aromatic carbocycles. The Balaban J connectivity index is 2.24. The van der Waals surface area contributed by atoms with Crippen molar-refractivity contribution >= 4 is 5.91 Å². The Morgan fingerprint density at radius 2 is 2.00 bits per heavy atom. The van der Waals surface area contributed by atoms with Crippen LogP contribution in [0.5, 0.6) is 5.75 Å². The summed E-state index contributed by atoms with van der Waals surface area (Å²) in [5.41, 5.74) is 12.1. The van der Waals surface area contributed by atoms with Crippen molar-refractivity contribution in [2.75, 3.05) is 13.1 Å². The van der Waals surface area contributed by atoms with Crippen LogP contribution in [-0.2, 0) is 11.2 Å². The van der Waals surface area contributed by atoms with Crippen LogP contribution in [-0.4, -0.2) is 30.1 Å². The van der Waals surface area contributed by atoms with E-state index in [4.69, 9.17) is 16.6 Å². The predicted molar refractivity (Wildman–Crippen MR) is 71.1 cm³/mol. The van der Waals surface area contributed by atoms with Crippen LogP contribution in [0.15, 0.2) is 24.3 Å². The molecule has 1 amide bonds. The largest absolute Gasteiger partial charge is 0.508 e. The molecule has 0 radical (unpaired) electrons. The molecule has 0 bridgehead atoms. The summed E-state index contributed by atoms with van der Waals surface area (Å²) in [6.45, 7) is 1.09. The fourth-order valence-electron chi connectivity index (χ4n) is 1.59. The maximum atomic E-state index is 11.6. The first-order valence-electron chi connectivity index (χ1n) is 6.14. The molecule has 1 aromatic rings. The molecule has 0 aliphatic carbocycles. The van der Waals surface area contributed by atoms with Crippen molar-refractivity contribution in [3.05, 3.63) is 29.8 Å². The van der Waals surface area contributed by atoms with Gasteiger partial charge in [0.15, 0.2) is 0 Å². The third-order valence-electron chi connectivity index (χ3n) is 2.71. The van der Waals surface area contributed by atoms with Gasteiger partial charge in [0.05, 0.1) is 6.04 Å². The smallest absolute Gasteiger partial charge is 0.236 e. The Hall–Kier alpha value is -1.59. The van der Waals surface area contributed by atoms with Gasteiger partial charge in [0.2, 0.25) is 5.91 Å². The number of amides is 1. The van der Waals surface area contributed by atoms with Crippen LogP contribution >= 0.6 is 0 Å². The van der Waals surface area contributed by atoms with Gasteiger partial charge in [-0.1, -0.05) is 12.1 Å². The minimum atomic E-state index is -0.478. The number of rotatable bonds is 7. The van der Waals surface area contributed by atoms with Crippen molar-refractivity contribution in [3.63, 3.8) is 0 Å². The average molecular weight is 251 g/mol. The van der Waals surface area contributed by atoms with Gasteiger partial charge in [0.1, 0.15) is 5.75 Å². The Bertz CT molecular complexity index is 365. The van der Waals surface area contributed by atoms with Crippen molar-refractivity contribution in [1.82, 2.24) is 5.32 Å². The van der Waals surface area contributed by atoms with E-state index in [1.165, 1.54) is 0 Å². The lowest BCUT2D eigenvalue weighted by Gasteiger charge is -2.11. The van der Waals surface area contributed by atoms with Crippen molar-refractivity contribution in [1.29, 1.82) is 0 Å². The first-order chi connectivity index (χ1) is 8.63. The first kappa shape index (κ1) is 14.5. The minimum Gasteiger partial charge on any atom is -0.508 e. The van der Waals surface area contributed by atoms with Gasteiger partial charge in [-0.2, -0.15) is 0 Å². The summed E-state index contributed by atoms with van der Waals surface area (Å²) in [7, 11) is 0. The summed E-state index contributed by atoms with van der Waals surface area (Å²) in [6.07, 6.45) is 2.09. The normalized spacial score (nSPS) is 12.1. The summed E-state index contributed by atoms with van der Waals surface area (Å²) >= 11 is 0. The third kappa shape index (κ3) is 5.16. The molecule has 5 nitrogen and oxygen atoms in total. The zero-order valence-electron chi connectivity index (χ0n) is 10.4. The van der Waals surface area contributed by atoms with E-state index in [9.17, 15) is 4.79 Å². The molecule has 1 atom stereocenters. The van der Waals surface area contributed by atoms with Crippen LogP contribution < -0.4 is 16.8 Å². The van der Waals surface area contributed by atoms with Crippen LogP contribution in [0, 0.1) is 0 Å². The molecule has 0 aliphatic rings. The molecule has 0 spiro atoms. The number of carbonyl (C=O) groups is 1. The van der Waals surface area contributed by atoms with E-state index < -0.39 is 6.04 Å². The monoisotopic (exact) mass is 251 g/mol. The van der Waals surface area contributed by atoms with Gasteiger partial charge in [-0.25, -0.2) is 0 Å². The third-order valence-corrected chi connectivity index (χ3v) is 2.71. The number of phenolic OH excluding ortho intramolecular Hbond substituents is 1. The maximum Gasteiger partial charge on any atom is 0.236 e. The second-order valence-corrected chi connectivity index (χ2v) is 4.24. The highest BCUT2D eigenvalue weighted by atomic mass is 16.3. The Labute approximate surface area is 107 Å². The Morgan fingerprint density at radius 3 is 2.61 bits per heavy atom. The molecule has 0 saturated carbocycles. The van der Waals surface area contributed by atoms with Crippen LogP contribution in [0.4, 0.5) is 0 Å². The number of carbonyl (C=O) groups excluding carboxylic acids is 1. The van der Waals surface area contributed by atoms with E-state index in [0.29, 0.717) is 19.5 Å². The van der Waals surface area contributed by atoms with Gasteiger partial charge >= 0.3 is 0 Å². The molecule has 0 heterocycles. The molecule has 18 heavy (non-hydrogen) atoms. The lowest BCUT2D eigenvalue weighted by molar-refractivity contribution is -0.122. The highest BCUT2D eigenvalue weighted by molar-refractivity contribution is 5.81. The van der Waals surface area contributed by atoms with Crippen molar-refractivity contribution in [3.8, 4) is 5.75 Å². The number of benzene rings is 1. The fraction of sp³-hybridized carbons (Fsp3) is 0.462. The van der Waals surface area contributed by atoms with Gasteiger partial charge < -0.3 is 21.9 Å². The zero-order valence-corrected chi connectivity index (χ0v) is 10.4. The molecule has 0 saturated heterocycles. The lowest BCUT2D eigenvalue weighted by Crippen LogP contribution is -2.41. The second-order valence-electron chi connectivity index (χ2n) is 4.24. The molecule has 6 N–H and O–H groups in total. The average Bonchev–Trinajstić information content (AvgIpc) is 2.38. The topological polar surface area (TPSA) is 101 Å². The summed E-state index contributed by atoms with van der Waals surface area (Å²) in [4.78, 5) is 11.6. The number of phenols is 1. The molecule has 0 fully saturated rings. The molecule has 0 unspecified atom stereocenters. The number of nitrogens with two attached hydrogens (primary N) is 2. The summed E-state index contributed by atoms with van der Waals surface area (Å²) in [5, 5.41) is 11.9. The molecular weight excluding hydrogens is 230 g/mol. The van der Waals surface area contributed by atoms with Crippen LogP contribution in [0.25, 0.3) is 0 Å². The quantitative estimate of drug-likeness (QED) is 0.552. The minimum absolute atomic E-state index is 0.137. The van der Waals surface area contributed by atoms with Gasteiger partial charge in [-0.3, -0.25) is 4.79 Å². The highest BCUT2D eigenvalue weighted by Crippen LogP contribution is 2.09. The standard InChI is InChI=1S/C13H21N3O2/c14-8-1-2-12(15)13(18)16-9-7-10-3-5-11(17)6-4-10/h3-6,12,17H,1-2,7-9,14-15H2,(H,16,18)/t12-/m1/s1. The summed E-state index contributed by atoms with van der Waals surface area (Å²) < 4.78 is 0. The molecule has 0 aromatic heterocycles. The Morgan fingerprint density at radius 1 is 1.33 bits per heavy atom. The molecule has 1 rings (SSSR count). The molecule has 100 valence electrons. The van der Waals surface area contributed by atoms with Crippen molar-refractivity contribution in [2.24, 2.45) is 11.5 Å². The SMILES string of the molecule is NCCC[C@@H](N)C(=O)NCCc1ccc(O)cc1. The van der Waals surface area contributed by atoms with Crippen LogP contribution in [0.3, 0.4) is 0 Å². The fourth-order valence-corrected chi connectivity index (χ4v) is 1.59. The van der Waals surface area contributed by atoms with E-state index in [-0.39, 0.29) is 11.7 Å². The van der Waals surface area contributed by atoms with Gasteiger partial charge in [0, 0.05) is 6.54 Å². The van der Waals surface area contributed by atoms with E-state index in [1.807, 2.05) is 12.1 Å². The van der Waals surface area contributed by atoms with E-state index >= 15 is 0 Å². The maximum absolute atomic E-state index is 11.6. The lowest BCUT2D eigenvalue weighted by atomic mass is 10.1. The highest BCUT2D eigenvalue weighted by Gasteiger charge is 2.11. The van der Waals surface area contributed by atoms with Crippen molar-refractivity contribution < 1.29 is 9.90 Å². The van der Waals surface area contributed by atoms with E-state index in [0.717, 1.165) is 18.4 Å². The van der Waals surface area contributed by atoms with E-state index in [2.05, 4.69) is 5.32 Å². The number of hydrogen-bond acceptors (Lipinski definition) is 4. The number of nitrogens with one attached hydrogen (secondary N) is 1. The predicted octanol–water partition coefficient (Wildman–Crippen LogP) is 0.117. The first-order valence-corrected chi connectivity index (χ1v) is 6.14. The van der Waals surface area contributed by atoms with Crippen LogP contribution in [0.1, 0.15) is 18.4 Å². The molecule has 0 aliphatic heterocycles. The number of hydrogen-bond donors (Lipinski definition) is 4.